The first-order chi connectivity index (χ1) is 17.3. The number of alkyl halides is 1. The number of allylic oxidation sites excluding steroid dienone is 2. The lowest BCUT2D eigenvalue weighted by molar-refractivity contribution is -0.148. The standard InChI is InChI=1S/C32H63ClO2/c1-3-5-7-9-11-18-22-26-30-34-32(35-31-27-23-19-12-10-8-6-4-2)28-24-20-16-14-13-15-17-21-25-29-33/h17,21,32H,3-16,18-20,22-31H2,1-2H3/b21-17-. The Labute approximate surface area is 226 Å². The van der Waals surface area contributed by atoms with Crippen molar-refractivity contribution in [2.45, 2.75) is 174 Å². The molecule has 0 spiro atoms. The van der Waals surface area contributed by atoms with Crippen LogP contribution < -0.4 is 0 Å². The number of halogens is 1. The molecule has 210 valence electrons. The summed E-state index contributed by atoms with van der Waals surface area (Å²) in [4.78, 5) is 0. The van der Waals surface area contributed by atoms with Gasteiger partial charge >= 0.3 is 0 Å². The van der Waals surface area contributed by atoms with Crippen molar-refractivity contribution in [2.24, 2.45) is 0 Å². The smallest absolute Gasteiger partial charge is 0.157 e. The highest BCUT2D eigenvalue weighted by Crippen LogP contribution is 2.15. The summed E-state index contributed by atoms with van der Waals surface area (Å²) < 4.78 is 12.4. The maximum absolute atomic E-state index is 6.20. The van der Waals surface area contributed by atoms with E-state index in [9.17, 15) is 0 Å². The van der Waals surface area contributed by atoms with Gasteiger partial charge < -0.3 is 9.47 Å². The summed E-state index contributed by atoms with van der Waals surface area (Å²) in [5, 5.41) is 0. The molecular weight excluding hydrogens is 452 g/mol. The number of unbranched alkanes of at least 4 members (excludes halogenated alkanes) is 19. The van der Waals surface area contributed by atoms with Crippen LogP contribution >= 0.6 is 11.6 Å². The van der Waals surface area contributed by atoms with Crippen LogP contribution in [0.4, 0.5) is 0 Å². The average molecular weight is 515 g/mol. The lowest BCUT2D eigenvalue weighted by Gasteiger charge is -2.19. The minimum Gasteiger partial charge on any atom is -0.353 e. The zero-order valence-electron chi connectivity index (χ0n) is 24.0. The van der Waals surface area contributed by atoms with E-state index in [4.69, 9.17) is 21.1 Å². The van der Waals surface area contributed by atoms with Crippen LogP contribution in [0.2, 0.25) is 0 Å². The largest absolute Gasteiger partial charge is 0.353 e. The molecule has 0 atom stereocenters. The second-order valence-corrected chi connectivity index (χ2v) is 10.8. The monoisotopic (exact) mass is 514 g/mol. The molecule has 0 unspecified atom stereocenters. The van der Waals surface area contributed by atoms with Crippen LogP contribution in [-0.2, 0) is 9.47 Å². The van der Waals surface area contributed by atoms with E-state index >= 15 is 0 Å². The van der Waals surface area contributed by atoms with Gasteiger partial charge in [0.1, 0.15) is 0 Å². The Morgan fingerprint density at radius 3 is 1.37 bits per heavy atom. The van der Waals surface area contributed by atoms with Crippen molar-refractivity contribution >= 4 is 11.6 Å². The highest BCUT2D eigenvalue weighted by molar-refractivity contribution is 6.17. The molecule has 0 rings (SSSR count). The van der Waals surface area contributed by atoms with Gasteiger partial charge in [0.2, 0.25) is 0 Å². The van der Waals surface area contributed by atoms with E-state index in [1.54, 1.807) is 0 Å². The SMILES string of the molecule is CCCCCCCCCCOC(CCCCCCC/C=C\CCCl)OCCCCCCCCCC. The van der Waals surface area contributed by atoms with Crippen LogP contribution in [-0.4, -0.2) is 25.4 Å². The van der Waals surface area contributed by atoms with Crippen molar-refractivity contribution in [3.05, 3.63) is 12.2 Å². The molecule has 0 N–H and O–H groups in total. The van der Waals surface area contributed by atoms with Crippen LogP contribution in [0.1, 0.15) is 168 Å². The first kappa shape index (κ1) is 35.0. The molecule has 0 aliphatic heterocycles. The molecule has 0 radical (unpaired) electrons. The third kappa shape index (κ3) is 30.1. The minimum atomic E-state index is 0.0163. The van der Waals surface area contributed by atoms with Gasteiger partial charge in [0.05, 0.1) is 0 Å². The second kappa shape index (κ2) is 32.0. The van der Waals surface area contributed by atoms with Gasteiger partial charge in [-0.05, 0) is 44.9 Å². The molecular formula is C32H63ClO2. The third-order valence-corrected chi connectivity index (χ3v) is 7.07. The fourth-order valence-corrected chi connectivity index (χ4v) is 4.64. The zero-order valence-corrected chi connectivity index (χ0v) is 24.8. The predicted octanol–water partition coefficient (Wildman–Crippen LogP) is 11.5. The summed E-state index contributed by atoms with van der Waals surface area (Å²) in [5.74, 6) is 0.736. The predicted molar refractivity (Wildman–Crippen MR) is 158 cm³/mol. The van der Waals surface area contributed by atoms with E-state index in [-0.39, 0.29) is 6.29 Å². The summed E-state index contributed by atoms with van der Waals surface area (Å²) in [6.45, 7) is 6.30. The summed E-state index contributed by atoms with van der Waals surface area (Å²) in [6, 6.07) is 0. The molecule has 0 saturated heterocycles. The van der Waals surface area contributed by atoms with E-state index in [0.717, 1.165) is 31.9 Å². The number of ether oxygens (including phenoxy) is 2. The molecule has 0 aromatic heterocycles. The molecule has 35 heavy (non-hydrogen) atoms. The van der Waals surface area contributed by atoms with Crippen molar-refractivity contribution in [1.29, 1.82) is 0 Å². The van der Waals surface area contributed by atoms with Crippen LogP contribution in [0, 0.1) is 0 Å². The second-order valence-electron chi connectivity index (χ2n) is 10.4. The molecule has 0 saturated carbocycles. The van der Waals surface area contributed by atoms with Gasteiger partial charge in [0.25, 0.3) is 0 Å². The number of hydrogen-bond acceptors (Lipinski definition) is 2. The maximum atomic E-state index is 6.20. The summed E-state index contributed by atoms with van der Waals surface area (Å²) in [7, 11) is 0. The van der Waals surface area contributed by atoms with E-state index in [2.05, 4.69) is 26.0 Å². The summed E-state index contributed by atoms with van der Waals surface area (Å²) >= 11 is 5.70. The van der Waals surface area contributed by atoms with Gasteiger partial charge in [-0.25, -0.2) is 0 Å². The van der Waals surface area contributed by atoms with Gasteiger partial charge in [0, 0.05) is 19.1 Å². The Balaban J connectivity index is 3.89. The van der Waals surface area contributed by atoms with Crippen molar-refractivity contribution < 1.29 is 9.47 Å². The molecule has 0 aliphatic rings. The van der Waals surface area contributed by atoms with Crippen LogP contribution in [0.15, 0.2) is 12.2 Å². The first-order valence-corrected chi connectivity index (χ1v) is 16.3. The van der Waals surface area contributed by atoms with E-state index in [0.29, 0.717) is 0 Å². The summed E-state index contributed by atoms with van der Waals surface area (Å²) in [6.07, 6.45) is 35.8. The van der Waals surface area contributed by atoms with Gasteiger partial charge in [-0.15, -0.1) is 11.6 Å². The first-order valence-electron chi connectivity index (χ1n) is 15.8. The Kier molecular flexibility index (Phi) is 31.9. The quantitative estimate of drug-likeness (QED) is 0.0410. The fraction of sp³-hybridized carbons (Fsp3) is 0.938. The number of hydrogen-bond donors (Lipinski definition) is 0. The number of rotatable bonds is 30. The van der Waals surface area contributed by atoms with Crippen molar-refractivity contribution in [1.82, 2.24) is 0 Å². The molecule has 3 heteroatoms. The molecule has 0 fully saturated rings. The Hall–Kier alpha value is -0.0500. The maximum Gasteiger partial charge on any atom is 0.157 e. The average Bonchev–Trinajstić information content (AvgIpc) is 2.87. The minimum absolute atomic E-state index is 0.0163. The topological polar surface area (TPSA) is 18.5 Å². The normalized spacial score (nSPS) is 11.9. The van der Waals surface area contributed by atoms with Gasteiger partial charge in [-0.2, -0.15) is 0 Å². The highest BCUT2D eigenvalue weighted by atomic mass is 35.5. The van der Waals surface area contributed by atoms with Crippen molar-refractivity contribution in [2.75, 3.05) is 19.1 Å². The lowest BCUT2D eigenvalue weighted by Crippen LogP contribution is -2.19. The molecule has 0 bridgehead atoms. The van der Waals surface area contributed by atoms with Crippen molar-refractivity contribution in [3.8, 4) is 0 Å². The van der Waals surface area contributed by atoms with Crippen LogP contribution in [0.3, 0.4) is 0 Å². The Morgan fingerprint density at radius 2 is 0.886 bits per heavy atom. The zero-order chi connectivity index (χ0) is 25.5. The lowest BCUT2D eigenvalue weighted by atomic mass is 10.1. The van der Waals surface area contributed by atoms with E-state index < -0.39 is 0 Å². The Morgan fingerprint density at radius 1 is 0.486 bits per heavy atom. The molecule has 2 nitrogen and oxygen atoms in total. The Bertz CT molecular complexity index is 377. The van der Waals surface area contributed by atoms with Gasteiger partial charge in [-0.3, -0.25) is 0 Å². The van der Waals surface area contributed by atoms with Crippen molar-refractivity contribution in [3.63, 3.8) is 0 Å². The van der Waals surface area contributed by atoms with Crippen LogP contribution in [0.25, 0.3) is 0 Å². The molecule has 0 aromatic rings. The van der Waals surface area contributed by atoms with Crippen LogP contribution in [0.5, 0.6) is 0 Å². The molecule has 0 heterocycles. The third-order valence-electron chi connectivity index (χ3n) is 6.86. The summed E-state index contributed by atoms with van der Waals surface area (Å²) in [5.41, 5.74) is 0. The van der Waals surface area contributed by atoms with Gasteiger partial charge in [0.15, 0.2) is 6.29 Å². The molecule has 0 aromatic carbocycles. The van der Waals surface area contributed by atoms with Gasteiger partial charge in [-0.1, -0.05) is 135 Å². The fourth-order valence-electron chi connectivity index (χ4n) is 4.52. The highest BCUT2D eigenvalue weighted by Gasteiger charge is 2.09. The van der Waals surface area contributed by atoms with E-state index in [1.807, 2.05) is 0 Å². The molecule has 0 aliphatic carbocycles. The van der Waals surface area contributed by atoms with E-state index in [1.165, 1.54) is 141 Å². The molecule has 0 amide bonds.